The van der Waals surface area contributed by atoms with E-state index in [0.717, 1.165) is 0 Å². The minimum absolute atomic E-state index is 0. The molecule has 0 fully saturated rings. The first-order valence-electron chi connectivity index (χ1n) is 9.59. The van der Waals surface area contributed by atoms with E-state index in [9.17, 15) is 0 Å². The molecule has 0 saturated carbocycles. The standard InChI is InChI=1S/C23H26N2O2.2BrH.Pd/c1-14-7-5-9-18(11-14)22-16(3)26-20(24-22)13-21-25-23(17(4)27-21)19-10-6-8-15(2)12-19;;;/h5-12,16-17,22-23H,13H2,1-4H3;2*1H;/q;;;+2/p-2/t16?,17?,22-,23-;;;/m0.../s1. The van der Waals surface area contributed by atoms with Crippen molar-refractivity contribution in [2.45, 2.75) is 58.4 Å². The predicted molar refractivity (Wildman–Crippen MR) is 108 cm³/mol. The number of aryl methyl sites for hydroxylation is 2. The smallest absolute Gasteiger partial charge is 1.00 e. The number of hydrogen-bond donors (Lipinski definition) is 0. The van der Waals surface area contributed by atoms with Crippen molar-refractivity contribution in [3.63, 3.8) is 0 Å². The molecule has 0 aliphatic carbocycles. The summed E-state index contributed by atoms with van der Waals surface area (Å²) in [6.07, 6.45) is 0.557. The van der Waals surface area contributed by atoms with Gasteiger partial charge in [-0.05, 0) is 38.8 Å². The summed E-state index contributed by atoms with van der Waals surface area (Å²) in [6.45, 7) is 8.34. The number of aliphatic imine (C=N–C) groups is 2. The Kier molecular flexibility index (Phi) is 10.4. The molecule has 164 valence electrons. The van der Waals surface area contributed by atoms with E-state index in [2.05, 4.69) is 76.2 Å². The average Bonchev–Trinajstić information content (AvgIpc) is 3.17. The minimum atomic E-state index is 0. The minimum Gasteiger partial charge on any atom is -1.00 e. The fraction of sp³-hybridized carbons (Fsp3) is 0.391. The van der Waals surface area contributed by atoms with E-state index in [1.807, 2.05) is 0 Å². The molecule has 0 aromatic heterocycles. The number of nitrogens with zero attached hydrogens (tertiary/aromatic N) is 2. The maximum absolute atomic E-state index is 6.01. The second-order valence-electron chi connectivity index (χ2n) is 7.59. The van der Waals surface area contributed by atoms with Gasteiger partial charge in [-0.2, -0.15) is 0 Å². The van der Waals surface area contributed by atoms with Crippen LogP contribution in [0.5, 0.6) is 0 Å². The molecular weight excluding hydrogens is 602 g/mol. The van der Waals surface area contributed by atoms with E-state index in [1.54, 1.807) is 0 Å². The zero-order valence-corrected chi connectivity index (χ0v) is 22.1. The SMILES string of the molecule is Cc1cccc([C@H]2N=C(CC3=N[C@H](c4cccc(C)c4)C(C)O3)OC2C)c1.[Br-].[Br-].[Pd+2]. The van der Waals surface area contributed by atoms with Gasteiger partial charge in [0.25, 0.3) is 0 Å². The summed E-state index contributed by atoms with van der Waals surface area (Å²) >= 11 is 0. The number of halogens is 2. The van der Waals surface area contributed by atoms with Crippen LogP contribution in [-0.4, -0.2) is 24.0 Å². The van der Waals surface area contributed by atoms with Crippen molar-refractivity contribution in [2.75, 3.05) is 0 Å². The third-order valence-corrected chi connectivity index (χ3v) is 5.17. The second-order valence-corrected chi connectivity index (χ2v) is 7.59. The van der Waals surface area contributed by atoms with Crippen molar-refractivity contribution in [3.8, 4) is 0 Å². The van der Waals surface area contributed by atoms with E-state index >= 15 is 0 Å². The van der Waals surface area contributed by atoms with Crippen LogP contribution in [0.1, 0.15) is 54.6 Å². The number of rotatable bonds is 4. The van der Waals surface area contributed by atoms with Gasteiger partial charge in [-0.1, -0.05) is 59.7 Å². The Hall–Kier alpha value is -0.998. The summed E-state index contributed by atoms with van der Waals surface area (Å²) in [6, 6.07) is 17.0. The van der Waals surface area contributed by atoms with Crippen LogP contribution in [0.15, 0.2) is 58.5 Å². The number of hydrogen-bond acceptors (Lipinski definition) is 4. The zero-order chi connectivity index (χ0) is 19.0. The molecule has 0 radical (unpaired) electrons. The van der Waals surface area contributed by atoms with Gasteiger partial charge in [0.15, 0.2) is 11.8 Å². The topological polar surface area (TPSA) is 43.2 Å². The van der Waals surface area contributed by atoms with Crippen LogP contribution in [0.2, 0.25) is 0 Å². The molecule has 4 nitrogen and oxygen atoms in total. The van der Waals surface area contributed by atoms with Gasteiger partial charge in [0.1, 0.15) is 24.3 Å². The van der Waals surface area contributed by atoms with Crippen LogP contribution in [0.25, 0.3) is 0 Å². The van der Waals surface area contributed by atoms with Gasteiger partial charge in [0.2, 0.25) is 0 Å². The van der Waals surface area contributed by atoms with Crippen molar-refractivity contribution in [1.82, 2.24) is 0 Å². The molecule has 0 bridgehead atoms. The second kappa shape index (κ2) is 11.6. The summed E-state index contributed by atoms with van der Waals surface area (Å²) in [4.78, 5) is 9.63. The molecule has 2 aliphatic heterocycles. The number of benzene rings is 2. The van der Waals surface area contributed by atoms with E-state index in [0.29, 0.717) is 18.2 Å². The Balaban J connectivity index is 0.00000150. The average molecular weight is 629 g/mol. The van der Waals surface area contributed by atoms with Crippen LogP contribution in [0.4, 0.5) is 0 Å². The molecule has 4 rings (SSSR count). The summed E-state index contributed by atoms with van der Waals surface area (Å²) in [5.41, 5.74) is 4.86. The largest absolute Gasteiger partial charge is 2.00 e. The Labute approximate surface area is 213 Å². The molecule has 2 unspecified atom stereocenters. The maximum atomic E-state index is 6.01. The first-order valence-corrected chi connectivity index (χ1v) is 9.59. The van der Waals surface area contributed by atoms with Gasteiger partial charge in [0.05, 0.1) is 6.42 Å². The van der Waals surface area contributed by atoms with Crippen molar-refractivity contribution in [2.24, 2.45) is 9.98 Å². The Morgan fingerprint density at radius 1 is 0.733 bits per heavy atom. The molecule has 0 amide bonds. The zero-order valence-electron chi connectivity index (χ0n) is 17.4. The third kappa shape index (κ3) is 6.03. The Morgan fingerprint density at radius 2 is 1.13 bits per heavy atom. The molecule has 2 aliphatic rings. The molecule has 30 heavy (non-hydrogen) atoms. The summed E-state index contributed by atoms with van der Waals surface area (Å²) in [5.74, 6) is 1.43. The van der Waals surface area contributed by atoms with Gasteiger partial charge in [0, 0.05) is 0 Å². The van der Waals surface area contributed by atoms with Crippen molar-refractivity contribution < 1.29 is 63.9 Å². The van der Waals surface area contributed by atoms with Gasteiger partial charge in [-0.25, -0.2) is 9.98 Å². The maximum Gasteiger partial charge on any atom is 2.00 e. The molecule has 0 spiro atoms. The van der Waals surface area contributed by atoms with Gasteiger partial charge < -0.3 is 43.4 Å². The summed E-state index contributed by atoms with van der Waals surface area (Å²) in [7, 11) is 0. The monoisotopic (exact) mass is 626 g/mol. The Morgan fingerprint density at radius 3 is 1.50 bits per heavy atom. The predicted octanol–water partition coefficient (Wildman–Crippen LogP) is -0.884. The summed E-state index contributed by atoms with van der Waals surface area (Å²) < 4.78 is 12.0. The molecule has 2 aromatic rings. The van der Waals surface area contributed by atoms with E-state index in [-0.39, 0.29) is 78.7 Å². The van der Waals surface area contributed by atoms with Crippen molar-refractivity contribution >= 4 is 11.8 Å². The Bertz CT molecular complexity index is 846. The molecule has 2 aromatic carbocycles. The number of ether oxygens (including phenoxy) is 2. The fourth-order valence-electron chi connectivity index (χ4n) is 3.84. The normalized spacial score (nSPS) is 24.3. The van der Waals surface area contributed by atoms with Crippen molar-refractivity contribution in [3.05, 3.63) is 70.8 Å². The quantitative estimate of drug-likeness (QED) is 0.413. The van der Waals surface area contributed by atoms with Crippen LogP contribution in [-0.2, 0) is 29.9 Å². The van der Waals surface area contributed by atoms with E-state index in [4.69, 9.17) is 19.5 Å². The van der Waals surface area contributed by atoms with Crippen LogP contribution in [0, 0.1) is 13.8 Å². The first kappa shape index (κ1) is 27.0. The molecule has 2 heterocycles. The molecule has 4 atom stereocenters. The van der Waals surface area contributed by atoms with Gasteiger partial charge >= 0.3 is 20.4 Å². The molecule has 7 heteroatoms. The van der Waals surface area contributed by atoms with Gasteiger partial charge in [-0.3, -0.25) is 0 Å². The van der Waals surface area contributed by atoms with Crippen LogP contribution >= 0.6 is 0 Å². The van der Waals surface area contributed by atoms with E-state index < -0.39 is 0 Å². The molecule has 0 saturated heterocycles. The van der Waals surface area contributed by atoms with Crippen molar-refractivity contribution in [1.29, 1.82) is 0 Å². The van der Waals surface area contributed by atoms with Crippen LogP contribution in [0.3, 0.4) is 0 Å². The first-order chi connectivity index (χ1) is 13.0. The van der Waals surface area contributed by atoms with Crippen LogP contribution < -0.4 is 34.0 Å². The summed E-state index contributed by atoms with van der Waals surface area (Å²) in [5, 5.41) is 0. The fourth-order valence-corrected chi connectivity index (χ4v) is 3.84. The molecule has 0 N–H and O–H groups in total. The molecular formula is C23H26Br2N2O2Pd. The van der Waals surface area contributed by atoms with Gasteiger partial charge in [-0.15, -0.1) is 0 Å². The third-order valence-electron chi connectivity index (χ3n) is 5.17. The van der Waals surface area contributed by atoms with E-state index in [1.165, 1.54) is 22.3 Å².